The van der Waals surface area contributed by atoms with Gasteiger partial charge < -0.3 is 14.8 Å². The minimum atomic E-state index is -1.03. The lowest BCUT2D eigenvalue weighted by Crippen LogP contribution is -2.43. The molecular weight excluding hydrogens is 428 g/mol. The Bertz CT molecular complexity index is 1100. The second-order valence-corrected chi connectivity index (χ2v) is 8.79. The fourth-order valence-electron chi connectivity index (χ4n) is 4.56. The monoisotopic (exact) mass is 456 g/mol. The molecule has 1 aromatic rings. The first-order chi connectivity index (χ1) is 15.5. The van der Waals surface area contributed by atoms with E-state index in [1.54, 1.807) is 46.8 Å². The molecule has 1 heterocycles. The summed E-state index contributed by atoms with van der Waals surface area (Å²) in [5, 5.41) is 14.8. The first-order valence-electron chi connectivity index (χ1n) is 10.8. The predicted octanol–water partition coefficient (Wildman–Crippen LogP) is 3.47. The van der Waals surface area contributed by atoms with Crippen molar-refractivity contribution in [2.45, 2.75) is 53.1 Å². The van der Waals surface area contributed by atoms with Crippen molar-refractivity contribution >= 4 is 23.4 Å². The van der Waals surface area contributed by atoms with Gasteiger partial charge in [0.25, 0.3) is 5.69 Å². The number of ketones is 1. The summed E-state index contributed by atoms with van der Waals surface area (Å²) in [6, 6.07) is 4.63. The molecule has 0 unspecified atom stereocenters. The molecule has 1 aliphatic heterocycles. The molecule has 9 heteroatoms. The van der Waals surface area contributed by atoms with Crippen molar-refractivity contribution in [3.05, 3.63) is 62.0 Å². The molecule has 1 aromatic carbocycles. The van der Waals surface area contributed by atoms with Gasteiger partial charge in [0.2, 0.25) is 0 Å². The number of aryl methyl sites for hydroxylation is 1. The Kier molecular flexibility index (Phi) is 6.71. The van der Waals surface area contributed by atoms with E-state index in [-0.39, 0.29) is 22.8 Å². The largest absolute Gasteiger partial charge is 0.468 e. The Morgan fingerprint density at radius 3 is 2.48 bits per heavy atom. The highest BCUT2D eigenvalue weighted by Crippen LogP contribution is 2.46. The molecule has 3 atom stereocenters. The summed E-state index contributed by atoms with van der Waals surface area (Å²) in [5.41, 5.74) is 2.26. The minimum absolute atomic E-state index is 0.122. The summed E-state index contributed by atoms with van der Waals surface area (Å²) < 4.78 is 10.3. The maximum atomic E-state index is 13.6. The molecule has 1 N–H and O–H groups in total. The van der Waals surface area contributed by atoms with Crippen LogP contribution in [0.25, 0.3) is 0 Å². The van der Waals surface area contributed by atoms with Crippen LogP contribution in [0.3, 0.4) is 0 Å². The SMILES string of the molecule is COC(=O)[C@@H]1C(=O)C2=C(C[C@@H]1C)NC(C)=C(C(=O)OC(C)C)[C@@H]2c1ccc(C)c([N+](=O)[O-])c1. The van der Waals surface area contributed by atoms with Gasteiger partial charge in [0.15, 0.2) is 5.78 Å². The van der Waals surface area contributed by atoms with Crippen LogP contribution in [0.15, 0.2) is 40.7 Å². The van der Waals surface area contributed by atoms with Gasteiger partial charge in [-0.15, -0.1) is 0 Å². The third-order valence-corrected chi connectivity index (χ3v) is 6.07. The highest BCUT2D eigenvalue weighted by atomic mass is 16.6. The Morgan fingerprint density at radius 1 is 1.24 bits per heavy atom. The molecule has 0 saturated heterocycles. The Labute approximate surface area is 192 Å². The zero-order valence-electron chi connectivity index (χ0n) is 19.6. The number of carbonyl (C=O) groups is 3. The molecule has 0 aromatic heterocycles. The van der Waals surface area contributed by atoms with Crippen molar-refractivity contribution < 1.29 is 28.8 Å². The predicted molar refractivity (Wildman–Crippen MR) is 119 cm³/mol. The molecule has 1 aliphatic carbocycles. The first kappa shape index (κ1) is 24.2. The van der Waals surface area contributed by atoms with Gasteiger partial charge in [-0.25, -0.2) is 4.79 Å². The molecule has 0 saturated carbocycles. The van der Waals surface area contributed by atoms with Crippen LogP contribution in [0, 0.1) is 28.9 Å². The van der Waals surface area contributed by atoms with E-state index in [9.17, 15) is 24.5 Å². The van der Waals surface area contributed by atoms with Gasteiger partial charge in [-0.05, 0) is 45.6 Å². The summed E-state index contributed by atoms with van der Waals surface area (Å²) in [7, 11) is 1.22. The average Bonchev–Trinajstić information content (AvgIpc) is 2.72. The number of nitrogens with one attached hydrogen (secondary N) is 1. The number of rotatable bonds is 5. The van der Waals surface area contributed by atoms with Gasteiger partial charge in [-0.2, -0.15) is 0 Å². The van der Waals surface area contributed by atoms with E-state index < -0.39 is 40.6 Å². The molecule has 0 bridgehead atoms. The van der Waals surface area contributed by atoms with Crippen LogP contribution in [-0.2, 0) is 23.9 Å². The quantitative estimate of drug-likeness (QED) is 0.309. The topological polar surface area (TPSA) is 125 Å². The number of nitro groups is 1. The molecule has 0 amide bonds. The number of benzene rings is 1. The lowest BCUT2D eigenvalue weighted by Gasteiger charge is -2.38. The van der Waals surface area contributed by atoms with Gasteiger partial charge in [0.05, 0.1) is 23.7 Å². The van der Waals surface area contributed by atoms with Gasteiger partial charge in [0, 0.05) is 34.5 Å². The van der Waals surface area contributed by atoms with Gasteiger partial charge in [-0.3, -0.25) is 19.7 Å². The second-order valence-electron chi connectivity index (χ2n) is 8.79. The highest BCUT2D eigenvalue weighted by Gasteiger charge is 2.47. The molecule has 0 fully saturated rings. The van der Waals surface area contributed by atoms with Crippen molar-refractivity contribution in [2.75, 3.05) is 7.11 Å². The zero-order chi connectivity index (χ0) is 24.6. The third kappa shape index (κ3) is 4.40. The van der Waals surface area contributed by atoms with Gasteiger partial charge in [0.1, 0.15) is 5.92 Å². The maximum Gasteiger partial charge on any atom is 0.337 e. The van der Waals surface area contributed by atoms with Crippen LogP contribution in [0.4, 0.5) is 5.69 Å². The third-order valence-electron chi connectivity index (χ3n) is 6.07. The van der Waals surface area contributed by atoms with E-state index in [0.29, 0.717) is 28.9 Å². The summed E-state index contributed by atoms with van der Waals surface area (Å²) in [6.45, 7) is 8.53. The van der Waals surface area contributed by atoms with E-state index in [1.807, 2.05) is 0 Å². The van der Waals surface area contributed by atoms with Crippen LogP contribution in [0.1, 0.15) is 51.2 Å². The second kappa shape index (κ2) is 9.17. The van der Waals surface area contributed by atoms with Crippen molar-refractivity contribution in [2.24, 2.45) is 11.8 Å². The molecule has 2 aliphatic rings. The van der Waals surface area contributed by atoms with Crippen molar-refractivity contribution in [3.63, 3.8) is 0 Å². The van der Waals surface area contributed by atoms with Crippen molar-refractivity contribution in [1.29, 1.82) is 0 Å². The van der Waals surface area contributed by atoms with Crippen LogP contribution in [-0.4, -0.2) is 35.9 Å². The summed E-state index contributed by atoms with van der Waals surface area (Å²) in [4.78, 5) is 50.3. The molecular formula is C24H28N2O7. The van der Waals surface area contributed by atoms with Gasteiger partial charge in [-0.1, -0.05) is 19.1 Å². The summed E-state index contributed by atoms with van der Waals surface area (Å²) in [6.07, 6.45) is -0.0270. The number of dihydropyridines is 1. The van der Waals surface area contributed by atoms with Crippen LogP contribution < -0.4 is 5.32 Å². The molecule has 3 rings (SSSR count). The standard InChI is InChI=1S/C24H28N2O7/c1-11(2)33-24(29)19-14(5)25-16-9-13(4)18(23(28)32-6)22(27)21(16)20(19)15-8-7-12(3)17(10-15)26(30)31/h7-8,10-11,13,18,20,25H,9H2,1-6H3/t13-,18-,20-/m0/s1. The molecule has 0 radical (unpaired) electrons. The molecule has 9 nitrogen and oxygen atoms in total. The number of nitro benzene ring substituents is 1. The van der Waals surface area contributed by atoms with Gasteiger partial charge >= 0.3 is 11.9 Å². The van der Waals surface area contributed by atoms with E-state index in [4.69, 9.17) is 9.47 Å². The fraction of sp³-hybridized carbons (Fsp3) is 0.458. The van der Waals surface area contributed by atoms with Crippen molar-refractivity contribution in [1.82, 2.24) is 5.32 Å². The number of allylic oxidation sites excluding steroid dienone is 3. The Morgan fingerprint density at radius 2 is 1.91 bits per heavy atom. The maximum absolute atomic E-state index is 13.6. The lowest BCUT2D eigenvalue weighted by molar-refractivity contribution is -0.385. The van der Waals surface area contributed by atoms with E-state index in [2.05, 4.69) is 5.32 Å². The molecule has 176 valence electrons. The Balaban J connectivity index is 2.25. The number of Topliss-reactive ketones (excluding diaryl/α,β-unsaturated/α-hetero) is 1. The number of carbonyl (C=O) groups excluding carboxylic acids is 3. The molecule has 0 spiro atoms. The Hall–Kier alpha value is -3.49. The zero-order valence-corrected chi connectivity index (χ0v) is 19.6. The lowest BCUT2D eigenvalue weighted by atomic mass is 9.69. The highest BCUT2D eigenvalue weighted by molar-refractivity contribution is 6.12. The number of hydrogen-bond acceptors (Lipinski definition) is 8. The van der Waals surface area contributed by atoms with E-state index in [1.165, 1.54) is 13.2 Å². The normalized spacial score (nSPS) is 22.6. The minimum Gasteiger partial charge on any atom is -0.468 e. The van der Waals surface area contributed by atoms with Crippen LogP contribution in [0.2, 0.25) is 0 Å². The number of ether oxygens (including phenoxy) is 2. The molecule has 33 heavy (non-hydrogen) atoms. The average molecular weight is 456 g/mol. The number of esters is 2. The summed E-state index contributed by atoms with van der Waals surface area (Å²) in [5.74, 6) is -4.00. The summed E-state index contributed by atoms with van der Waals surface area (Å²) >= 11 is 0. The number of nitrogens with zero attached hydrogens (tertiary/aromatic N) is 1. The number of hydrogen-bond donors (Lipinski definition) is 1. The number of methoxy groups -OCH3 is 1. The fourth-order valence-corrected chi connectivity index (χ4v) is 4.56. The van der Waals surface area contributed by atoms with E-state index in [0.717, 1.165) is 0 Å². The van der Waals surface area contributed by atoms with Crippen molar-refractivity contribution in [3.8, 4) is 0 Å². The smallest absolute Gasteiger partial charge is 0.337 e. The van der Waals surface area contributed by atoms with Crippen LogP contribution in [0.5, 0.6) is 0 Å². The van der Waals surface area contributed by atoms with E-state index >= 15 is 0 Å². The van der Waals surface area contributed by atoms with Crippen LogP contribution >= 0.6 is 0 Å². The first-order valence-corrected chi connectivity index (χ1v) is 10.8.